The molecule has 64 heavy (non-hydrogen) atoms. The summed E-state index contributed by atoms with van der Waals surface area (Å²) in [6.45, 7) is 10.6. The molecule has 16 nitrogen and oxygen atoms in total. The summed E-state index contributed by atoms with van der Waals surface area (Å²) in [5.41, 5.74) is 0.962. The van der Waals surface area contributed by atoms with Gasteiger partial charge >= 0.3 is 12.1 Å². The van der Waals surface area contributed by atoms with Crippen molar-refractivity contribution in [2.24, 2.45) is 0 Å². The predicted molar refractivity (Wildman–Crippen MR) is 246 cm³/mol. The van der Waals surface area contributed by atoms with Gasteiger partial charge in [0, 0.05) is 68.5 Å². The molecule has 0 unspecified atom stereocenters. The lowest BCUT2D eigenvalue weighted by Gasteiger charge is -2.43. The van der Waals surface area contributed by atoms with E-state index < -0.39 is 17.2 Å². The van der Waals surface area contributed by atoms with E-state index in [9.17, 15) is 19.8 Å². The molecule has 2 heterocycles. The van der Waals surface area contributed by atoms with Crippen molar-refractivity contribution in [3.8, 4) is 5.75 Å². The number of carbonyl (C=O) groups excluding carboxylic acids is 3. The minimum absolute atomic E-state index is 0.0548. The van der Waals surface area contributed by atoms with Crippen molar-refractivity contribution in [1.29, 1.82) is 10.8 Å². The van der Waals surface area contributed by atoms with E-state index in [1.54, 1.807) is 47.6 Å². The Balaban J connectivity index is 1.14. The minimum atomic E-state index is -0.966. The third kappa shape index (κ3) is 19.0. The molecular weight excluding hydrogens is 819 g/mol. The third-order valence-corrected chi connectivity index (χ3v) is 10.4. The Morgan fingerprint density at radius 2 is 1.38 bits per heavy atom. The van der Waals surface area contributed by atoms with E-state index in [0.29, 0.717) is 102 Å². The number of methoxy groups -OCH3 is 1. The second-order valence-electron chi connectivity index (χ2n) is 16.7. The van der Waals surface area contributed by atoms with Crippen molar-refractivity contribution in [2.45, 2.75) is 103 Å². The zero-order valence-electron chi connectivity index (χ0n) is 38.1. The van der Waals surface area contributed by atoms with Gasteiger partial charge in [-0.1, -0.05) is 31.0 Å². The van der Waals surface area contributed by atoms with Gasteiger partial charge in [-0.15, -0.1) is 0 Å². The molecule has 1 aromatic heterocycles. The van der Waals surface area contributed by atoms with E-state index in [1.165, 1.54) is 7.11 Å². The number of unbranched alkanes of at least 4 members (excludes halogenated alkanes) is 5. The van der Waals surface area contributed by atoms with Crippen molar-refractivity contribution in [3.63, 3.8) is 0 Å². The number of rotatable bonds is 27. The Bertz CT molecular complexity index is 1900. The van der Waals surface area contributed by atoms with Crippen LogP contribution in [0.4, 0.5) is 10.5 Å². The first-order chi connectivity index (χ1) is 30.9. The molecular formula is C48H69N7O9. The number of nitrogens with zero attached hydrogens (tertiary/aromatic N) is 2. The quantitative estimate of drug-likeness (QED) is 0.0218. The first-order valence-electron chi connectivity index (χ1n) is 22.4. The molecule has 4 rings (SSSR count). The van der Waals surface area contributed by atoms with Crippen LogP contribution >= 0.6 is 0 Å². The largest absolute Gasteiger partial charge is 0.494 e. The van der Waals surface area contributed by atoms with Crippen molar-refractivity contribution < 1.29 is 42.8 Å². The maximum Gasteiger partial charge on any atom is 0.410 e. The Morgan fingerprint density at radius 3 is 2.03 bits per heavy atom. The summed E-state index contributed by atoms with van der Waals surface area (Å²) in [5, 5.41) is 27.3. The maximum absolute atomic E-state index is 13.4. The fraction of sp³-hybridized carbons (Fsp3) is 0.542. The number of benzene rings is 2. The molecule has 3 aromatic rings. The van der Waals surface area contributed by atoms with Gasteiger partial charge in [-0.05, 0) is 114 Å². The highest BCUT2D eigenvalue weighted by molar-refractivity contribution is 6.10. The van der Waals surface area contributed by atoms with Gasteiger partial charge in [0.05, 0.1) is 45.7 Å². The number of likely N-dealkylation sites (tertiary alicyclic amines) is 1. The number of pyridine rings is 1. The number of amides is 2. The molecule has 16 heteroatoms. The number of esters is 1. The third-order valence-electron chi connectivity index (χ3n) is 10.4. The SMILES string of the molecule is COC(=O)CCCCCOCCOCCOCCCCCCOc1cccc(CNC(=O)c2cccc(NC3(C(=N)NC(=N)c4ccncc4)CCN(C(=O)OC(C)(C)C)CC3)c2)c1. The van der Waals surface area contributed by atoms with Gasteiger partial charge in [-0.2, -0.15) is 0 Å². The number of amidine groups is 2. The second-order valence-corrected chi connectivity index (χ2v) is 16.7. The molecule has 350 valence electrons. The molecule has 0 saturated carbocycles. The highest BCUT2D eigenvalue weighted by Crippen LogP contribution is 2.30. The molecule has 0 spiro atoms. The van der Waals surface area contributed by atoms with Crippen LogP contribution in [0.15, 0.2) is 73.1 Å². The van der Waals surface area contributed by atoms with Gasteiger partial charge in [0.1, 0.15) is 23.0 Å². The van der Waals surface area contributed by atoms with E-state index in [4.69, 9.17) is 29.1 Å². The average Bonchev–Trinajstić information content (AvgIpc) is 3.29. The Kier molecular flexibility index (Phi) is 22.0. The first kappa shape index (κ1) is 51.1. The number of nitrogens with one attached hydrogen (secondary N) is 5. The molecule has 1 saturated heterocycles. The zero-order chi connectivity index (χ0) is 46.0. The monoisotopic (exact) mass is 888 g/mol. The topological polar surface area (TPSA) is 207 Å². The number of carbonyl (C=O) groups is 3. The molecule has 5 N–H and O–H groups in total. The van der Waals surface area contributed by atoms with Gasteiger partial charge in [0.25, 0.3) is 5.91 Å². The Hall–Kier alpha value is -5.58. The summed E-state index contributed by atoms with van der Waals surface area (Å²) in [6, 6.07) is 18.2. The molecule has 0 atom stereocenters. The number of hydrogen-bond donors (Lipinski definition) is 5. The maximum atomic E-state index is 13.4. The molecule has 0 aliphatic carbocycles. The van der Waals surface area contributed by atoms with E-state index in [-0.39, 0.29) is 23.5 Å². The lowest BCUT2D eigenvalue weighted by Crippen LogP contribution is -2.59. The van der Waals surface area contributed by atoms with Crippen LogP contribution in [-0.2, 0) is 35.0 Å². The number of anilines is 1. The van der Waals surface area contributed by atoms with Crippen LogP contribution in [0, 0.1) is 10.8 Å². The van der Waals surface area contributed by atoms with Crippen LogP contribution in [0.3, 0.4) is 0 Å². The van der Waals surface area contributed by atoms with E-state index in [1.807, 2.05) is 51.1 Å². The van der Waals surface area contributed by atoms with Crippen molar-refractivity contribution in [3.05, 3.63) is 89.7 Å². The molecule has 0 radical (unpaired) electrons. The molecule has 2 amide bonds. The highest BCUT2D eigenvalue weighted by atomic mass is 16.6. The minimum Gasteiger partial charge on any atom is -0.494 e. The van der Waals surface area contributed by atoms with E-state index in [2.05, 4.69) is 25.7 Å². The van der Waals surface area contributed by atoms with E-state index >= 15 is 0 Å². The van der Waals surface area contributed by atoms with Crippen molar-refractivity contribution in [1.82, 2.24) is 20.5 Å². The first-order valence-corrected chi connectivity index (χ1v) is 22.4. The summed E-state index contributed by atoms with van der Waals surface area (Å²) in [5.74, 6) is 0.461. The smallest absolute Gasteiger partial charge is 0.410 e. The summed E-state index contributed by atoms with van der Waals surface area (Å²) < 4.78 is 33.1. The van der Waals surface area contributed by atoms with Gasteiger partial charge in [-0.3, -0.25) is 25.4 Å². The Labute approximate surface area is 378 Å². The lowest BCUT2D eigenvalue weighted by atomic mass is 9.85. The number of piperidine rings is 1. The predicted octanol–water partition coefficient (Wildman–Crippen LogP) is 7.51. The molecule has 1 aliphatic heterocycles. The van der Waals surface area contributed by atoms with Crippen LogP contribution in [0.2, 0.25) is 0 Å². The van der Waals surface area contributed by atoms with Crippen LogP contribution in [-0.4, -0.2) is 117 Å². The standard InChI is InChI=1S/C48H69N7O9/c1-47(2,3)64-46(58)55-25-21-48(22-26-55,45(50)53-43(49)38-19-23-51-24-20-38)54-40-16-13-15-39(35-40)44(57)52-36-37-14-12-17-41(34-37)63-29-11-6-5-9-27-60-30-32-62-33-31-61-28-10-7-8-18-42(56)59-4/h12-17,19-20,23-24,34-35,54H,5-11,18,21-22,25-33,36H2,1-4H3,(H,52,57)(H3,49,50,53). The van der Waals surface area contributed by atoms with Gasteiger partial charge in [-0.25, -0.2) is 4.79 Å². The summed E-state index contributed by atoms with van der Waals surface area (Å²) in [6.07, 6.45) is 10.6. The number of hydrogen-bond acceptors (Lipinski definition) is 13. The van der Waals surface area contributed by atoms with Gasteiger partial charge in [0.2, 0.25) is 0 Å². The fourth-order valence-electron chi connectivity index (χ4n) is 6.86. The van der Waals surface area contributed by atoms with Crippen LogP contribution in [0.1, 0.15) is 106 Å². The lowest BCUT2D eigenvalue weighted by molar-refractivity contribution is -0.140. The van der Waals surface area contributed by atoms with Crippen molar-refractivity contribution in [2.75, 3.05) is 71.8 Å². The average molecular weight is 888 g/mol. The van der Waals surface area contributed by atoms with Crippen LogP contribution < -0.4 is 20.7 Å². The summed E-state index contributed by atoms with van der Waals surface area (Å²) in [7, 11) is 1.41. The van der Waals surface area contributed by atoms with Gasteiger partial charge < -0.3 is 49.3 Å². The number of aromatic nitrogens is 1. The highest BCUT2D eigenvalue weighted by Gasteiger charge is 2.41. The summed E-state index contributed by atoms with van der Waals surface area (Å²) in [4.78, 5) is 43.1. The zero-order valence-corrected chi connectivity index (χ0v) is 38.1. The normalized spacial score (nSPS) is 13.4. The Morgan fingerprint density at radius 1 is 0.750 bits per heavy atom. The molecule has 0 bridgehead atoms. The molecule has 2 aromatic carbocycles. The summed E-state index contributed by atoms with van der Waals surface area (Å²) >= 11 is 0. The number of ether oxygens (including phenoxy) is 6. The second kappa shape index (κ2) is 27.6. The van der Waals surface area contributed by atoms with Crippen molar-refractivity contribution >= 4 is 35.3 Å². The van der Waals surface area contributed by atoms with Crippen LogP contribution in [0.25, 0.3) is 0 Å². The van der Waals surface area contributed by atoms with Crippen LogP contribution in [0.5, 0.6) is 5.75 Å². The molecule has 1 aliphatic rings. The fourth-order valence-corrected chi connectivity index (χ4v) is 6.86. The van der Waals surface area contributed by atoms with E-state index in [0.717, 1.165) is 56.3 Å². The van der Waals surface area contributed by atoms with Gasteiger partial charge in [0.15, 0.2) is 0 Å². The molecule has 1 fully saturated rings.